The van der Waals surface area contributed by atoms with Crippen LogP contribution in [0.4, 0.5) is 0 Å². The zero-order chi connectivity index (χ0) is 11.4. The Bertz CT molecular complexity index is 482. The highest BCUT2D eigenvalue weighted by Gasteiger charge is 2.09. The molecule has 0 saturated heterocycles. The van der Waals surface area contributed by atoms with Crippen molar-refractivity contribution >= 4 is 21.8 Å². The van der Waals surface area contributed by atoms with E-state index in [0.29, 0.717) is 16.7 Å². The van der Waals surface area contributed by atoms with Gasteiger partial charge in [0.2, 0.25) is 0 Å². The summed E-state index contributed by atoms with van der Waals surface area (Å²) < 4.78 is 5.44. The van der Waals surface area contributed by atoms with E-state index < -0.39 is 0 Å². The van der Waals surface area contributed by atoms with Gasteiger partial charge in [0.15, 0.2) is 0 Å². The fraction of sp³-hybridized carbons (Fsp3) is 0.0909. The molecule has 0 bridgehead atoms. The highest BCUT2D eigenvalue weighted by molar-refractivity contribution is 9.10. The summed E-state index contributed by atoms with van der Waals surface area (Å²) in [5.74, 6) is -0.166. The van der Waals surface area contributed by atoms with Crippen molar-refractivity contribution < 1.29 is 9.21 Å². The molecule has 2 aromatic rings. The van der Waals surface area contributed by atoms with E-state index in [9.17, 15) is 4.79 Å². The maximum Gasteiger partial charge on any atom is 0.254 e. The minimum Gasteiger partial charge on any atom is -0.472 e. The highest BCUT2D eigenvalue weighted by atomic mass is 79.9. The molecule has 16 heavy (non-hydrogen) atoms. The van der Waals surface area contributed by atoms with Gasteiger partial charge in [-0.05, 0) is 34.1 Å². The quantitative estimate of drug-likeness (QED) is 0.879. The summed E-state index contributed by atoms with van der Waals surface area (Å²) in [7, 11) is 0. The van der Waals surface area contributed by atoms with Crippen LogP contribution in [0.15, 0.2) is 45.9 Å². The van der Waals surface area contributed by atoms with Gasteiger partial charge in [-0.2, -0.15) is 0 Å². The van der Waals surface area contributed by atoms with E-state index in [1.807, 2.05) is 0 Å². The minimum absolute atomic E-state index is 0.166. The lowest BCUT2D eigenvalue weighted by Crippen LogP contribution is -2.23. The molecule has 0 atom stereocenters. The zero-order valence-corrected chi connectivity index (χ0v) is 9.90. The first-order valence-electron chi connectivity index (χ1n) is 4.67. The Morgan fingerprint density at radius 3 is 3.06 bits per heavy atom. The minimum atomic E-state index is -0.166. The van der Waals surface area contributed by atoms with Crippen LogP contribution < -0.4 is 5.32 Å². The molecule has 0 aliphatic rings. The van der Waals surface area contributed by atoms with E-state index in [1.165, 1.54) is 0 Å². The second kappa shape index (κ2) is 4.94. The van der Waals surface area contributed by atoms with Crippen molar-refractivity contribution in [1.29, 1.82) is 0 Å². The molecule has 2 heterocycles. The van der Waals surface area contributed by atoms with Crippen LogP contribution in [0.25, 0.3) is 0 Å². The van der Waals surface area contributed by atoms with Crippen LogP contribution in [-0.2, 0) is 6.54 Å². The lowest BCUT2D eigenvalue weighted by molar-refractivity contribution is 0.0949. The Balaban J connectivity index is 2.01. The Kier molecular flexibility index (Phi) is 3.36. The van der Waals surface area contributed by atoms with Crippen molar-refractivity contribution in [2.75, 3.05) is 0 Å². The van der Waals surface area contributed by atoms with Gasteiger partial charge in [0.1, 0.15) is 4.60 Å². The first-order chi connectivity index (χ1) is 7.77. The van der Waals surface area contributed by atoms with E-state index in [-0.39, 0.29) is 5.91 Å². The molecule has 0 fully saturated rings. The highest BCUT2D eigenvalue weighted by Crippen LogP contribution is 2.12. The largest absolute Gasteiger partial charge is 0.472 e. The van der Waals surface area contributed by atoms with E-state index >= 15 is 0 Å². The fourth-order valence-corrected chi connectivity index (χ4v) is 1.66. The molecule has 2 aromatic heterocycles. The van der Waals surface area contributed by atoms with Gasteiger partial charge in [-0.3, -0.25) is 4.79 Å². The Morgan fingerprint density at radius 2 is 2.38 bits per heavy atom. The number of nitrogens with one attached hydrogen (secondary N) is 1. The SMILES string of the molecule is O=C(NCc1ccoc1)c1cccnc1Br. The van der Waals surface area contributed by atoms with Crippen molar-refractivity contribution in [3.63, 3.8) is 0 Å². The predicted octanol–water partition coefficient (Wildman–Crippen LogP) is 2.37. The number of furan rings is 1. The third-order valence-electron chi connectivity index (χ3n) is 2.04. The second-order valence-electron chi connectivity index (χ2n) is 3.16. The Morgan fingerprint density at radius 1 is 1.50 bits per heavy atom. The van der Waals surface area contributed by atoms with E-state index in [1.54, 1.807) is 36.9 Å². The van der Waals surface area contributed by atoms with Crippen LogP contribution in [0.5, 0.6) is 0 Å². The van der Waals surface area contributed by atoms with Crippen molar-refractivity contribution in [3.05, 3.63) is 52.7 Å². The smallest absolute Gasteiger partial charge is 0.254 e. The summed E-state index contributed by atoms with van der Waals surface area (Å²) in [6.45, 7) is 0.441. The van der Waals surface area contributed by atoms with Gasteiger partial charge in [-0.15, -0.1) is 0 Å². The molecule has 0 radical (unpaired) electrons. The van der Waals surface area contributed by atoms with Gasteiger partial charge in [0.25, 0.3) is 5.91 Å². The second-order valence-corrected chi connectivity index (χ2v) is 3.91. The predicted molar refractivity (Wildman–Crippen MR) is 61.8 cm³/mol. The molecular weight excluding hydrogens is 272 g/mol. The van der Waals surface area contributed by atoms with Gasteiger partial charge >= 0.3 is 0 Å². The molecular formula is C11H9BrN2O2. The number of carbonyl (C=O) groups excluding carboxylic acids is 1. The number of aromatic nitrogens is 1. The molecule has 0 unspecified atom stereocenters. The maximum absolute atomic E-state index is 11.7. The number of pyridine rings is 1. The number of amides is 1. The standard InChI is InChI=1S/C11H9BrN2O2/c12-10-9(2-1-4-13-10)11(15)14-6-8-3-5-16-7-8/h1-5,7H,6H2,(H,14,15). The lowest BCUT2D eigenvalue weighted by atomic mass is 10.2. The van der Waals surface area contributed by atoms with Crippen LogP contribution in [0.1, 0.15) is 15.9 Å². The van der Waals surface area contributed by atoms with Crippen LogP contribution >= 0.6 is 15.9 Å². The molecule has 4 nitrogen and oxygen atoms in total. The summed E-state index contributed by atoms with van der Waals surface area (Å²) in [4.78, 5) is 15.7. The molecule has 82 valence electrons. The van der Waals surface area contributed by atoms with Crippen molar-refractivity contribution in [2.45, 2.75) is 6.54 Å². The first-order valence-corrected chi connectivity index (χ1v) is 5.46. The summed E-state index contributed by atoms with van der Waals surface area (Å²) in [6.07, 6.45) is 4.79. The zero-order valence-electron chi connectivity index (χ0n) is 8.31. The summed E-state index contributed by atoms with van der Waals surface area (Å²) in [6, 6.07) is 5.23. The van der Waals surface area contributed by atoms with E-state index in [0.717, 1.165) is 5.56 Å². The maximum atomic E-state index is 11.7. The number of nitrogens with zero attached hydrogens (tertiary/aromatic N) is 1. The topological polar surface area (TPSA) is 55.1 Å². The van der Waals surface area contributed by atoms with Crippen molar-refractivity contribution in [3.8, 4) is 0 Å². The first kappa shape index (κ1) is 10.9. The van der Waals surface area contributed by atoms with Gasteiger partial charge in [-0.1, -0.05) is 0 Å². The molecule has 0 aliphatic heterocycles. The lowest BCUT2D eigenvalue weighted by Gasteiger charge is -2.04. The molecule has 1 amide bonds. The number of halogens is 1. The average molecular weight is 281 g/mol. The monoisotopic (exact) mass is 280 g/mol. The van der Waals surface area contributed by atoms with Crippen LogP contribution in [-0.4, -0.2) is 10.9 Å². The summed E-state index contributed by atoms with van der Waals surface area (Å²) in [5.41, 5.74) is 1.44. The number of hydrogen-bond donors (Lipinski definition) is 1. The molecule has 1 N–H and O–H groups in total. The molecule has 2 rings (SSSR count). The Hall–Kier alpha value is -1.62. The van der Waals surface area contributed by atoms with Crippen molar-refractivity contribution in [2.24, 2.45) is 0 Å². The number of carbonyl (C=O) groups is 1. The molecule has 0 saturated carbocycles. The summed E-state index contributed by atoms with van der Waals surface area (Å²) >= 11 is 3.23. The van der Waals surface area contributed by atoms with E-state index in [4.69, 9.17) is 4.42 Å². The van der Waals surface area contributed by atoms with Gasteiger partial charge in [0, 0.05) is 18.3 Å². The molecule has 0 spiro atoms. The van der Waals surface area contributed by atoms with Gasteiger partial charge < -0.3 is 9.73 Å². The van der Waals surface area contributed by atoms with Gasteiger partial charge in [-0.25, -0.2) is 4.98 Å². The molecule has 0 aliphatic carbocycles. The average Bonchev–Trinajstić information content (AvgIpc) is 2.79. The number of hydrogen-bond acceptors (Lipinski definition) is 3. The van der Waals surface area contributed by atoms with Crippen LogP contribution in [0, 0.1) is 0 Å². The van der Waals surface area contributed by atoms with Crippen molar-refractivity contribution in [1.82, 2.24) is 10.3 Å². The fourth-order valence-electron chi connectivity index (χ4n) is 1.23. The van der Waals surface area contributed by atoms with Gasteiger partial charge in [0.05, 0.1) is 18.1 Å². The molecule has 0 aromatic carbocycles. The van der Waals surface area contributed by atoms with Crippen LogP contribution in [0.3, 0.4) is 0 Å². The Labute approximate surface area is 101 Å². The number of rotatable bonds is 3. The van der Waals surface area contributed by atoms with E-state index in [2.05, 4.69) is 26.2 Å². The third kappa shape index (κ3) is 2.49. The third-order valence-corrected chi connectivity index (χ3v) is 2.67. The van der Waals surface area contributed by atoms with Crippen LogP contribution in [0.2, 0.25) is 0 Å². The normalized spacial score (nSPS) is 10.1. The summed E-state index contributed by atoms with van der Waals surface area (Å²) in [5, 5.41) is 2.77. The molecule has 5 heteroatoms.